The Morgan fingerprint density at radius 1 is 0.939 bits per heavy atom. The third-order valence-electron chi connectivity index (χ3n) is 11.2. The molecule has 5 N–H and O–H groups in total. The monoisotopic (exact) mass is 679 g/mol. The molecule has 4 fully saturated rings. The summed E-state index contributed by atoms with van der Waals surface area (Å²) in [7, 11) is 0. The second-order valence-corrected chi connectivity index (χ2v) is 16.2. The molecule has 268 valence electrons. The summed E-state index contributed by atoms with van der Waals surface area (Å²) in [6.07, 6.45) is 6.66. The fourth-order valence-corrected chi connectivity index (χ4v) is 7.94. The van der Waals surface area contributed by atoms with Gasteiger partial charge in [0.1, 0.15) is 24.7 Å². The smallest absolute Gasteiger partial charge is 0.329 e. The van der Waals surface area contributed by atoms with Crippen LogP contribution in [0, 0.1) is 34.5 Å². The van der Waals surface area contributed by atoms with Crippen LogP contribution in [0.1, 0.15) is 91.5 Å². The first-order valence-electron chi connectivity index (χ1n) is 17.8. The Bertz CT molecular complexity index is 1430. The molecule has 0 aromatic heterocycles. The van der Waals surface area contributed by atoms with Crippen molar-refractivity contribution in [3.05, 3.63) is 35.9 Å². The molecule has 1 aliphatic heterocycles. The molecule has 3 saturated carbocycles. The molecule has 3 aliphatic carbocycles. The van der Waals surface area contributed by atoms with Gasteiger partial charge in [0, 0.05) is 6.54 Å². The van der Waals surface area contributed by atoms with Gasteiger partial charge >= 0.3 is 12.0 Å². The molecular weight excluding hydrogens is 626 g/mol. The van der Waals surface area contributed by atoms with Crippen LogP contribution in [-0.2, 0) is 35.3 Å². The first-order chi connectivity index (χ1) is 23.1. The summed E-state index contributed by atoms with van der Waals surface area (Å²) in [6, 6.07) is 4.82. The number of fused-ring (bicyclic) bond motifs is 1. The van der Waals surface area contributed by atoms with E-state index < -0.39 is 65.1 Å². The highest BCUT2D eigenvalue weighted by molar-refractivity contribution is 6.37. The van der Waals surface area contributed by atoms with Crippen LogP contribution < -0.4 is 21.7 Å². The van der Waals surface area contributed by atoms with E-state index in [-0.39, 0.29) is 35.7 Å². The molecule has 1 heterocycles. The molecule has 12 nitrogen and oxygen atoms in total. The second-order valence-electron chi connectivity index (χ2n) is 16.2. The number of nitrogens with one attached hydrogen (secondary N) is 3. The topological polar surface area (TPSA) is 177 Å². The summed E-state index contributed by atoms with van der Waals surface area (Å²) < 4.78 is 5.66. The lowest BCUT2D eigenvalue weighted by Crippen LogP contribution is -2.62. The Morgan fingerprint density at radius 3 is 2.18 bits per heavy atom. The number of nitrogens with zero attached hydrogens (tertiary/aromatic N) is 1. The Kier molecular flexibility index (Phi) is 10.7. The maximum Gasteiger partial charge on any atom is 0.329 e. The summed E-state index contributed by atoms with van der Waals surface area (Å²) in [6.45, 7) is 9.99. The van der Waals surface area contributed by atoms with Crippen LogP contribution in [-0.4, -0.2) is 71.1 Å². The van der Waals surface area contributed by atoms with Gasteiger partial charge < -0.3 is 31.3 Å². The first kappa shape index (κ1) is 36.3. The SMILES string of the molecule is CC(C)(C)[C@H](NC(=O)N[C@H](C(=O)OCc1ccccc1)C1CCCCC1)C(=O)N1C[C@H]2[C@@H]([C@H]1C(=O)NC(CC1CC1)C(=O)C(N)=O)C2(C)C. The van der Waals surface area contributed by atoms with Crippen molar-refractivity contribution < 1.29 is 33.5 Å². The highest BCUT2D eigenvalue weighted by atomic mass is 16.5. The number of nitrogens with two attached hydrogens (primary N) is 1. The zero-order chi connectivity index (χ0) is 35.7. The Morgan fingerprint density at radius 2 is 1.59 bits per heavy atom. The molecule has 1 aromatic carbocycles. The largest absolute Gasteiger partial charge is 0.459 e. The van der Waals surface area contributed by atoms with Crippen LogP contribution in [0.5, 0.6) is 0 Å². The summed E-state index contributed by atoms with van der Waals surface area (Å²) >= 11 is 0. The van der Waals surface area contributed by atoms with E-state index in [4.69, 9.17) is 10.5 Å². The lowest BCUT2D eigenvalue weighted by molar-refractivity contribution is -0.149. The zero-order valence-electron chi connectivity index (χ0n) is 29.5. The molecule has 0 bridgehead atoms. The predicted molar refractivity (Wildman–Crippen MR) is 181 cm³/mol. The molecule has 1 unspecified atom stereocenters. The number of piperidine rings is 1. The van der Waals surface area contributed by atoms with Crippen LogP contribution >= 0.6 is 0 Å². The van der Waals surface area contributed by atoms with Gasteiger partial charge in [0.05, 0.1) is 6.04 Å². The van der Waals surface area contributed by atoms with Crippen LogP contribution in [0.4, 0.5) is 4.79 Å². The number of hydrogen-bond donors (Lipinski definition) is 4. The van der Waals surface area contributed by atoms with E-state index in [1.807, 2.05) is 51.1 Å². The van der Waals surface area contributed by atoms with E-state index in [0.717, 1.165) is 50.5 Å². The number of esters is 1. The molecule has 5 amide bonds. The van der Waals surface area contributed by atoms with Crippen molar-refractivity contribution in [2.45, 2.75) is 117 Å². The number of carbonyl (C=O) groups is 6. The van der Waals surface area contributed by atoms with Crippen molar-refractivity contribution in [2.24, 2.45) is 40.2 Å². The Labute approximate surface area is 289 Å². The van der Waals surface area contributed by atoms with E-state index in [2.05, 4.69) is 29.8 Å². The quantitative estimate of drug-likeness (QED) is 0.183. The minimum Gasteiger partial charge on any atom is -0.459 e. The number of hydrogen-bond acceptors (Lipinski definition) is 7. The number of primary amides is 1. The number of carbonyl (C=O) groups excluding carboxylic acids is 6. The van der Waals surface area contributed by atoms with Gasteiger partial charge in [0.15, 0.2) is 0 Å². The molecule has 1 saturated heterocycles. The summed E-state index contributed by atoms with van der Waals surface area (Å²) in [5.74, 6) is -3.34. The van der Waals surface area contributed by atoms with Crippen LogP contribution in [0.3, 0.4) is 0 Å². The van der Waals surface area contributed by atoms with Crippen LogP contribution in [0.25, 0.3) is 0 Å². The fourth-order valence-electron chi connectivity index (χ4n) is 7.94. The molecule has 0 spiro atoms. The first-order valence-corrected chi connectivity index (χ1v) is 17.8. The van der Waals surface area contributed by atoms with Gasteiger partial charge in [0.2, 0.25) is 17.6 Å². The van der Waals surface area contributed by atoms with Gasteiger partial charge in [0.25, 0.3) is 5.91 Å². The minimum atomic E-state index is -1.10. The van der Waals surface area contributed by atoms with Crippen molar-refractivity contribution in [3.8, 4) is 0 Å². The molecular formula is C37H53N5O7. The van der Waals surface area contributed by atoms with Gasteiger partial charge in [-0.05, 0) is 59.3 Å². The lowest BCUT2D eigenvalue weighted by Gasteiger charge is -2.38. The predicted octanol–water partition coefficient (Wildman–Crippen LogP) is 3.21. The highest BCUT2D eigenvalue weighted by Gasteiger charge is 2.70. The fraction of sp³-hybridized carbons (Fsp3) is 0.676. The number of benzene rings is 1. The molecule has 12 heteroatoms. The number of urea groups is 1. The second kappa shape index (κ2) is 14.5. The normalized spacial score (nSPS) is 24.8. The number of ether oxygens (including phenoxy) is 1. The van der Waals surface area contributed by atoms with Gasteiger partial charge in [-0.1, -0.05) is 97.1 Å². The molecule has 0 radical (unpaired) electrons. The molecule has 1 aromatic rings. The summed E-state index contributed by atoms with van der Waals surface area (Å²) in [5, 5.41) is 8.48. The minimum absolute atomic E-state index is 0.0606. The third-order valence-corrected chi connectivity index (χ3v) is 11.2. The van der Waals surface area contributed by atoms with Crippen LogP contribution in [0.2, 0.25) is 0 Å². The van der Waals surface area contributed by atoms with Crippen molar-refractivity contribution in [3.63, 3.8) is 0 Å². The van der Waals surface area contributed by atoms with Crippen molar-refractivity contribution in [2.75, 3.05) is 6.54 Å². The van der Waals surface area contributed by atoms with Gasteiger partial charge in [-0.15, -0.1) is 0 Å². The maximum atomic E-state index is 14.4. The number of Topliss-reactive ketones (excluding diaryl/α,β-unsaturated/α-hetero) is 1. The van der Waals surface area contributed by atoms with Crippen molar-refractivity contribution in [1.82, 2.24) is 20.9 Å². The van der Waals surface area contributed by atoms with Crippen molar-refractivity contribution in [1.29, 1.82) is 0 Å². The van der Waals surface area contributed by atoms with E-state index in [0.29, 0.717) is 13.0 Å². The highest BCUT2D eigenvalue weighted by Crippen LogP contribution is 2.65. The summed E-state index contributed by atoms with van der Waals surface area (Å²) in [5.41, 5.74) is 5.19. The summed E-state index contributed by atoms with van der Waals surface area (Å²) in [4.78, 5) is 81.4. The Hall–Kier alpha value is -3.96. The van der Waals surface area contributed by atoms with E-state index in [1.54, 1.807) is 0 Å². The average Bonchev–Trinajstić information content (AvgIpc) is 3.91. The van der Waals surface area contributed by atoms with Crippen LogP contribution in [0.15, 0.2) is 30.3 Å². The molecule has 5 rings (SSSR count). The number of amides is 5. The average molecular weight is 680 g/mol. The molecule has 4 aliphatic rings. The molecule has 49 heavy (non-hydrogen) atoms. The third kappa shape index (κ3) is 8.44. The number of likely N-dealkylation sites (tertiary alicyclic amines) is 1. The zero-order valence-corrected chi connectivity index (χ0v) is 29.5. The van der Waals surface area contributed by atoms with Crippen molar-refractivity contribution >= 4 is 35.5 Å². The lowest BCUT2D eigenvalue weighted by atomic mass is 9.83. The number of rotatable bonds is 13. The van der Waals surface area contributed by atoms with Gasteiger partial charge in [-0.25, -0.2) is 9.59 Å². The van der Waals surface area contributed by atoms with E-state index in [9.17, 15) is 28.8 Å². The van der Waals surface area contributed by atoms with E-state index in [1.165, 1.54) is 4.90 Å². The van der Waals surface area contributed by atoms with Gasteiger partial charge in [-0.2, -0.15) is 0 Å². The Balaban J connectivity index is 1.31. The van der Waals surface area contributed by atoms with E-state index >= 15 is 0 Å². The molecule has 6 atom stereocenters. The number of ketones is 1. The maximum absolute atomic E-state index is 14.4. The van der Waals surface area contributed by atoms with Gasteiger partial charge in [-0.3, -0.25) is 19.2 Å². The standard InChI is InChI=1S/C37H53N5O7/c1-36(2,3)30(41-35(48)40-27(23-14-10-7-11-15-23)34(47)49-20-22-12-8-6-9-13-22)33(46)42-19-24-26(37(24,4)5)28(42)32(45)39-25(18-21-16-17-21)29(43)31(38)44/h6,8-9,12-13,21,23-28,30H,7,10-11,14-20H2,1-5H3,(H2,38,44)(H,39,45)(H2,40,41,48)/t24-,25?,26-,27-,28-,30+/m0/s1.